The lowest BCUT2D eigenvalue weighted by atomic mass is 10.1. The predicted octanol–water partition coefficient (Wildman–Crippen LogP) is 3.77. The van der Waals surface area contributed by atoms with E-state index in [4.69, 9.17) is 21.4 Å². The number of ether oxygens (including phenoxy) is 1. The number of halogens is 1. The summed E-state index contributed by atoms with van der Waals surface area (Å²) in [5.41, 5.74) is 0.664. The van der Waals surface area contributed by atoms with E-state index < -0.39 is 5.97 Å². The number of benzene rings is 2. The van der Waals surface area contributed by atoms with Crippen LogP contribution in [0.2, 0.25) is 5.02 Å². The van der Waals surface area contributed by atoms with E-state index in [1.165, 1.54) is 18.5 Å². The second kappa shape index (κ2) is 5.38. The van der Waals surface area contributed by atoms with Gasteiger partial charge in [0.15, 0.2) is 0 Å². The monoisotopic (exact) mass is 300 g/mol. The van der Waals surface area contributed by atoms with Crippen molar-refractivity contribution >= 4 is 28.5 Å². The van der Waals surface area contributed by atoms with E-state index in [0.717, 1.165) is 0 Å². The zero-order valence-corrected chi connectivity index (χ0v) is 11.4. The highest BCUT2D eigenvalue weighted by Crippen LogP contribution is 2.28. The van der Waals surface area contributed by atoms with Crippen molar-refractivity contribution in [2.45, 2.75) is 0 Å². The van der Waals surface area contributed by atoms with Crippen molar-refractivity contribution in [2.75, 3.05) is 0 Å². The van der Waals surface area contributed by atoms with Crippen molar-refractivity contribution in [2.24, 2.45) is 0 Å². The van der Waals surface area contributed by atoms with Crippen LogP contribution in [-0.2, 0) is 0 Å². The number of nitrogens with zero attached hydrogens (tertiary/aromatic N) is 2. The largest absolute Gasteiger partial charge is 0.478 e. The van der Waals surface area contributed by atoms with E-state index >= 15 is 0 Å². The van der Waals surface area contributed by atoms with Crippen molar-refractivity contribution < 1.29 is 14.6 Å². The maximum Gasteiger partial charge on any atom is 0.335 e. The molecule has 1 heterocycles. The van der Waals surface area contributed by atoms with E-state index in [9.17, 15) is 4.79 Å². The maximum atomic E-state index is 11.0. The van der Waals surface area contributed by atoms with Crippen LogP contribution in [0.4, 0.5) is 0 Å². The molecule has 3 aromatic rings. The summed E-state index contributed by atoms with van der Waals surface area (Å²) in [6.07, 6.45) is 1.33. The fraction of sp³-hybridized carbons (Fsp3) is 0. The zero-order valence-electron chi connectivity index (χ0n) is 10.7. The minimum Gasteiger partial charge on any atom is -0.478 e. The van der Waals surface area contributed by atoms with Gasteiger partial charge in [-0.2, -0.15) is 0 Å². The van der Waals surface area contributed by atoms with Crippen molar-refractivity contribution in [1.82, 2.24) is 9.97 Å². The third-order valence-electron chi connectivity index (χ3n) is 2.86. The average molecular weight is 301 g/mol. The van der Waals surface area contributed by atoms with Gasteiger partial charge in [-0.15, -0.1) is 0 Å². The molecule has 104 valence electrons. The van der Waals surface area contributed by atoms with Gasteiger partial charge in [0, 0.05) is 5.02 Å². The van der Waals surface area contributed by atoms with Crippen LogP contribution >= 0.6 is 11.6 Å². The molecule has 0 amide bonds. The molecule has 1 N–H and O–H groups in total. The van der Waals surface area contributed by atoms with Gasteiger partial charge in [-0.1, -0.05) is 17.7 Å². The summed E-state index contributed by atoms with van der Waals surface area (Å²) >= 11 is 5.91. The van der Waals surface area contributed by atoms with Crippen LogP contribution in [-0.4, -0.2) is 21.0 Å². The van der Waals surface area contributed by atoms with Crippen LogP contribution in [0, 0.1) is 0 Å². The first kappa shape index (κ1) is 13.3. The Labute approximate surface area is 124 Å². The average Bonchev–Trinajstić information content (AvgIpc) is 2.47. The van der Waals surface area contributed by atoms with Crippen LogP contribution in [0.3, 0.4) is 0 Å². The number of fused-ring (bicyclic) bond motifs is 1. The molecule has 0 aliphatic heterocycles. The Kier molecular flexibility index (Phi) is 3.41. The number of carbonyl (C=O) groups is 1. The number of hydrogen-bond acceptors (Lipinski definition) is 4. The lowest BCUT2D eigenvalue weighted by Crippen LogP contribution is -1.97. The Hall–Kier alpha value is -2.66. The van der Waals surface area contributed by atoms with Gasteiger partial charge in [-0.25, -0.2) is 14.8 Å². The normalized spacial score (nSPS) is 10.5. The van der Waals surface area contributed by atoms with E-state index in [-0.39, 0.29) is 5.56 Å². The predicted molar refractivity (Wildman–Crippen MR) is 78.0 cm³/mol. The minimum atomic E-state index is -1.01. The molecule has 0 saturated heterocycles. The Morgan fingerprint density at radius 2 is 2.00 bits per heavy atom. The summed E-state index contributed by atoms with van der Waals surface area (Å²) < 4.78 is 5.69. The molecule has 0 bridgehead atoms. The van der Waals surface area contributed by atoms with Crippen molar-refractivity contribution in [3.8, 4) is 11.6 Å². The summed E-state index contributed by atoms with van der Waals surface area (Å²) in [5.74, 6) is -0.114. The molecule has 0 aliphatic carbocycles. The Bertz CT molecular complexity index is 836. The quantitative estimate of drug-likeness (QED) is 0.797. The number of carboxylic acid groups (broad SMARTS) is 1. The molecule has 3 rings (SSSR count). The summed E-state index contributed by atoms with van der Waals surface area (Å²) in [5, 5.41) is 10.2. The van der Waals surface area contributed by atoms with Crippen LogP contribution in [0.5, 0.6) is 11.6 Å². The highest BCUT2D eigenvalue weighted by atomic mass is 35.5. The van der Waals surface area contributed by atoms with Crippen LogP contribution < -0.4 is 4.74 Å². The number of aromatic carboxylic acids is 1. The first-order valence-corrected chi connectivity index (χ1v) is 6.43. The Balaban J connectivity index is 2.05. The van der Waals surface area contributed by atoms with Gasteiger partial charge in [0.05, 0.1) is 16.5 Å². The third-order valence-corrected chi connectivity index (χ3v) is 3.09. The molecule has 0 saturated carbocycles. The van der Waals surface area contributed by atoms with Gasteiger partial charge >= 0.3 is 5.97 Å². The SMILES string of the molecule is O=C(O)c1ccc2c(Oc3cccc(Cl)c3)ncnc2c1. The van der Waals surface area contributed by atoms with Crippen molar-refractivity contribution in [3.63, 3.8) is 0 Å². The molecule has 2 aromatic carbocycles. The van der Waals surface area contributed by atoms with E-state index in [0.29, 0.717) is 27.6 Å². The van der Waals surface area contributed by atoms with Gasteiger partial charge in [0.25, 0.3) is 0 Å². The topological polar surface area (TPSA) is 72.3 Å². The molecule has 21 heavy (non-hydrogen) atoms. The zero-order chi connectivity index (χ0) is 14.8. The summed E-state index contributed by atoms with van der Waals surface area (Å²) in [4.78, 5) is 19.1. The minimum absolute atomic E-state index is 0.162. The molecule has 1 aromatic heterocycles. The Morgan fingerprint density at radius 1 is 1.14 bits per heavy atom. The molecule has 5 nitrogen and oxygen atoms in total. The standard InChI is InChI=1S/C15H9ClN2O3/c16-10-2-1-3-11(7-10)21-14-12-5-4-9(15(19)20)6-13(12)17-8-18-14/h1-8H,(H,19,20). The fourth-order valence-corrected chi connectivity index (χ4v) is 2.07. The van der Waals surface area contributed by atoms with Gasteiger partial charge in [0.1, 0.15) is 12.1 Å². The third kappa shape index (κ3) is 2.78. The molecule has 0 radical (unpaired) electrons. The van der Waals surface area contributed by atoms with E-state index in [1.807, 2.05) is 0 Å². The van der Waals surface area contributed by atoms with Gasteiger partial charge in [0.2, 0.25) is 5.88 Å². The second-order valence-corrected chi connectivity index (χ2v) is 4.71. The fourth-order valence-electron chi connectivity index (χ4n) is 1.89. The molecule has 0 spiro atoms. The Morgan fingerprint density at radius 3 is 2.76 bits per heavy atom. The van der Waals surface area contributed by atoms with Crippen molar-refractivity contribution in [3.05, 3.63) is 59.4 Å². The first-order valence-electron chi connectivity index (χ1n) is 6.05. The molecule has 0 unspecified atom stereocenters. The number of carboxylic acids is 1. The lowest BCUT2D eigenvalue weighted by Gasteiger charge is -2.07. The highest BCUT2D eigenvalue weighted by Gasteiger charge is 2.10. The molecule has 0 atom stereocenters. The number of aromatic nitrogens is 2. The van der Waals surface area contributed by atoms with Gasteiger partial charge in [-0.05, 0) is 36.4 Å². The van der Waals surface area contributed by atoms with E-state index in [1.54, 1.807) is 30.3 Å². The molecular formula is C15H9ClN2O3. The lowest BCUT2D eigenvalue weighted by molar-refractivity contribution is 0.0697. The molecule has 6 heteroatoms. The summed E-state index contributed by atoms with van der Waals surface area (Å²) in [6.45, 7) is 0. The summed E-state index contributed by atoms with van der Waals surface area (Å²) in [6, 6.07) is 11.5. The van der Waals surface area contributed by atoms with Crippen molar-refractivity contribution in [1.29, 1.82) is 0 Å². The second-order valence-electron chi connectivity index (χ2n) is 4.28. The number of rotatable bonds is 3. The molecular weight excluding hydrogens is 292 g/mol. The van der Waals surface area contributed by atoms with Crippen LogP contribution in [0.25, 0.3) is 10.9 Å². The summed E-state index contributed by atoms with van der Waals surface area (Å²) in [7, 11) is 0. The first-order chi connectivity index (χ1) is 10.1. The maximum absolute atomic E-state index is 11.0. The number of hydrogen-bond donors (Lipinski definition) is 1. The van der Waals surface area contributed by atoms with Gasteiger partial charge in [-0.3, -0.25) is 0 Å². The van der Waals surface area contributed by atoms with Gasteiger partial charge < -0.3 is 9.84 Å². The molecule has 0 aliphatic rings. The smallest absolute Gasteiger partial charge is 0.335 e. The van der Waals surface area contributed by atoms with Crippen LogP contribution in [0.1, 0.15) is 10.4 Å². The van der Waals surface area contributed by atoms with Crippen LogP contribution in [0.15, 0.2) is 48.8 Å². The highest BCUT2D eigenvalue weighted by molar-refractivity contribution is 6.30. The van der Waals surface area contributed by atoms with E-state index in [2.05, 4.69) is 9.97 Å². The molecule has 0 fully saturated rings.